The molecule has 2 N–H and O–H groups in total. The van der Waals surface area contributed by atoms with Gasteiger partial charge in [0.05, 0.1) is 12.0 Å². The molecule has 3 aromatic heterocycles. The molecule has 2 aliphatic heterocycles. The molecule has 2 aliphatic rings. The number of likely N-dealkylation sites (tertiary alicyclic amines) is 1. The first-order valence-electron chi connectivity index (χ1n) is 18.8. The highest BCUT2D eigenvalue weighted by Gasteiger charge is 2.52. The first kappa shape index (κ1) is 37.6. The van der Waals surface area contributed by atoms with E-state index in [1.54, 1.807) is 10.6 Å². The number of hydrogen-bond acceptors (Lipinski definition) is 13. The van der Waals surface area contributed by atoms with E-state index < -0.39 is 42.4 Å². The molecule has 5 aromatic rings. The van der Waals surface area contributed by atoms with Crippen LogP contribution in [-0.4, -0.2) is 92.4 Å². The van der Waals surface area contributed by atoms with Gasteiger partial charge in [-0.25, -0.2) is 15.0 Å². The van der Waals surface area contributed by atoms with Crippen molar-refractivity contribution < 1.29 is 33.1 Å². The summed E-state index contributed by atoms with van der Waals surface area (Å²) in [7, 11) is 0. The molecule has 4 atom stereocenters. The van der Waals surface area contributed by atoms with Crippen LogP contribution in [0.3, 0.4) is 0 Å². The first-order valence-corrected chi connectivity index (χ1v) is 18.8. The van der Waals surface area contributed by atoms with E-state index in [0.717, 1.165) is 37.1 Å². The number of piperidine rings is 1. The van der Waals surface area contributed by atoms with Crippen molar-refractivity contribution in [1.29, 1.82) is 0 Å². The van der Waals surface area contributed by atoms with Gasteiger partial charge in [0.2, 0.25) is 5.82 Å². The van der Waals surface area contributed by atoms with Crippen molar-refractivity contribution in [1.82, 2.24) is 34.9 Å². The Kier molecular flexibility index (Phi) is 11.8. The number of carbonyl (C=O) groups is 3. The van der Waals surface area contributed by atoms with Gasteiger partial charge in [0.25, 0.3) is 5.91 Å². The van der Waals surface area contributed by atoms with Crippen molar-refractivity contribution in [3.63, 3.8) is 0 Å². The summed E-state index contributed by atoms with van der Waals surface area (Å²) in [5.41, 5.74) is 3.46. The SMILES string of the molecule is CCc1cc([C@H]2O[C@@H](n3cnc4c(NCC(c5ccccc5)c5ccccc5)nc(C(=O)NCCN5CCCCC5)nc43)[C@H](OC(C)=O)[C@H]2OC(C)=O)on1. The number of fused-ring (bicyclic) bond motifs is 1. The van der Waals surface area contributed by atoms with Gasteiger partial charge in [-0.05, 0) is 43.5 Å². The minimum absolute atomic E-state index is 0.0667. The highest BCUT2D eigenvalue weighted by atomic mass is 16.6. The van der Waals surface area contributed by atoms with Crippen LogP contribution in [0.5, 0.6) is 0 Å². The summed E-state index contributed by atoms with van der Waals surface area (Å²) >= 11 is 0. The summed E-state index contributed by atoms with van der Waals surface area (Å²) in [6.07, 6.45) is 1.26. The van der Waals surface area contributed by atoms with Gasteiger partial charge in [0.15, 0.2) is 47.3 Å². The largest absolute Gasteiger partial charge is 0.455 e. The minimum Gasteiger partial charge on any atom is -0.455 e. The number of imidazole rings is 1. The fourth-order valence-electron chi connectivity index (χ4n) is 7.27. The summed E-state index contributed by atoms with van der Waals surface area (Å²) in [6.45, 7) is 8.02. The average Bonchev–Trinajstić information content (AvgIpc) is 3.93. The van der Waals surface area contributed by atoms with E-state index in [-0.39, 0.29) is 17.4 Å². The molecule has 2 saturated heterocycles. The Morgan fingerprint density at radius 2 is 1.58 bits per heavy atom. The molecule has 0 bridgehead atoms. The van der Waals surface area contributed by atoms with Crippen LogP contribution in [0.15, 0.2) is 77.6 Å². The van der Waals surface area contributed by atoms with Gasteiger partial charge in [-0.3, -0.25) is 19.0 Å². The van der Waals surface area contributed by atoms with Crippen molar-refractivity contribution in [3.8, 4) is 0 Å². The number of benzene rings is 2. The molecule has 15 heteroatoms. The Balaban J connectivity index is 1.26. The van der Waals surface area contributed by atoms with Crippen LogP contribution in [0.2, 0.25) is 0 Å². The van der Waals surface area contributed by atoms with E-state index in [9.17, 15) is 14.4 Å². The summed E-state index contributed by atoms with van der Waals surface area (Å²) in [5, 5.41) is 10.6. The third-order valence-corrected chi connectivity index (χ3v) is 9.95. The Hall–Kier alpha value is -5.67. The lowest BCUT2D eigenvalue weighted by Gasteiger charge is -2.26. The second-order valence-electron chi connectivity index (χ2n) is 13.8. The number of nitrogens with one attached hydrogen (secondary N) is 2. The predicted molar refractivity (Wildman–Crippen MR) is 201 cm³/mol. The highest BCUT2D eigenvalue weighted by molar-refractivity contribution is 5.94. The van der Waals surface area contributed by atoms with Gasteiger partial charge in [-0.1, -0.05) is 79.2 Å². The van der Waals surface area contributed by atoms with E-state index in [0.29, 0.717) is 48.8 Å². The van der Waals surface area contributed by atoms with Crippen LogP contribution < -0.4 is 10.6 Å². The average molecular weight is 751 g/mol. The van der Waals surface area contributed by atoms with Crippen LogP contribution >= 0.6 is 0 Å². The number of ether oxygens (including phenoxy) is 3. The predicted octanol–water partition coefficient (Wildman–Crippen LogP) is 4.97. The zero-order valence-corrected chi connectivity index (χ0v) is 31.2. The fourth-order valence-corrected chi connectivity index (χ4v) is 7.27. The Labute approximate surface area is 318 Å². The second-order valence-corrected chi connectivity index (χ2v) is 13.8. The molecule has 288 valence electrons. The van der Waals surface area contributed by atoms with Gasteiger partial charge in [0, 0.05) is 45.5 Å². The summed E-state index contributed by atoms with van der Waals surface area (Å²) < 4.78 is 25.2. The molecule has 15 nitrogen and oxygen atoms in total. The topological polar surface area (TPSA) is 176 Å². The minimum atomic E-state index is -1.15. The van der Waals surface area contributed by atoms with E-state index >= 15 is 0 Å². The molecule has 1 amide bonds. The van der Waals surface area contributed by atoms with Gasteiger partial charge in [-0.15, -0.1) is 0 Å². The number of amides is 1. The lowest BCUT2D eigenvalue weighted by atomic mass is 9.91. The Morgan fingerprint density at radius 3 is 2.22 bits per heavy atom. The maximum Gasteiger partial charge on any atom is 0.303 e. The Bertz CT molecular complexity index is 2040. The van der Waals surface area contributed by atoms with Gasteiger partial charge in [-0.2, -0.15) is 0 Å². The molecule has 0 unspecified atom stereocenters. The smallest absolute Gasteiger partial charge is 0.303 e. The van der Waals surface area contributed by atoms with Crippen LogP contribution in [0, 0.1) is 0 Å². The number of esters is 2. The summed E-state index contributed by atoms with van der Waals surface area (Å²) in [5.74, 6) is -1.19. The molecule has 5 heterocycles. The number of carbonyl (C=O) groups excluding carboxylic acids is 3. The van der Waals surface area contributed by atoms with Crippen LogP contribution in [0.25, 0.3) is 11.2 Å². The van der Waals surface area contributed by atoms with Crippen molar-refractivity contribution in [2.75, 3.05) is 38.0 Å². The van der Waals surface area contributed by atoms with Crippen molar-refractivity contribution in [3.05, 3.63) is 101 Å². The second kappa shape index (κ2) is 17.2. The Morgan fingerprint density at radius 1 is 0.909 bits per heavy atom. The molecule has 0 spiro atoms. The van der Waals surface area contributed by atoms with Crippen molar-refractivity contribution in [2.45, 2.75) is 76.9 Å². The number of hydrogen-bond donors (Lipinski definition) is 2. The lowest BCUT2D eigenvalue weighted by molar-refractivity contribution is -0.165. The molecule has 2 fully saturated rings. The van der Waals surface area contributed by atoms with Crippen molar-refractivity contribution in [2.24, 2.45) is 0 Å². The zero-order valence-electron chi connectivity index (χ0n) is 31.2. The van der Waals surface area contributed by atoms with Gasteiger partial charge < -0.3 is 34.3 Å². The molecule has 0 radical (unpaired) electrons. The molecular formula is C40H46N8O7. The standard InChI is InChI=1S/C40H46N8O7/c1-4-29-22-31(55-46-29)33-34(52-25(2)49)35(53-26(3)50)40(54-33)48-24-43-32-36(42-23-30(27-14-8-5-9-15-27)28-16-10-6-11-17-28)44-37(45-38(32)48)39(51)41-18-21-47-19-12-7-13-20-47/h5-6,8-11,14-17,22,24,30,33-35,40H,4,7,12-13,18-21,23H2,1-3H3,(H,41,51)(H,42,44,45)/t33-,34+,35-,40-/m1/s1. The maximum absolute atomic E-state index is 13.8. The van der Waals surface area contributed by atoms with E-state index in [4.69, 9.17) is 33.7 Å². The van der Waals surface area contributed by atoms with Gasteiger partial charge in [0.1, 0.15) is 0 Å². The van der Waals surface area contributed by atoms with Crippen LogP contribution in [0.4, 0.5) is 5.82 Å². The zero-order chi connectivity index (χ0) is 38.3. The fraction of sp³-hybridized carbons (Fsp3) is 0.425. The molecule has 0 saturated carbocycles. The molecule has 55 heavy (non-hydrogen) atoms. The number of rotatable bonds is 14. The number of nitrogens with zero attached hydrogens (tertiary/aromatic N) is 6. The quantitative estimate of drug-likeness (QED) is 0.146. The van der Waals surface area contributed by atoms with Gasteiger partial charge >= 0.3 is 11.9 Å². The van der Waals surface area contributed by atoms with E-state index in [2.05, 4.69) is 45.0 Å². The van der Waals surface area contributed by atoms with Crippen LogP contribution in [0.1, 0.15) is 91.5 Å². The molecular weight excluding hydrogens is 704 g/mol. The molecule has 7 rings (SSSR count). The molecule has 2 aromatic carbocycles. The number of anilines is 1. The monoisotopic (exact) mass is 750 g/mol. The van der Waals surface area contributed by atoms with E-state index in [1.165, 1.54) is 26.6 Å². The lowest BCUT2D eigenvalue weighted by Crippen LogP contribution is -2.38. The van der Waals surface area contributed by atoms with Crippen LogP contribution in [-0.2, 0) is 30.2 Å². The summed E-state index contributed by atoms with van der Waals surface area (Å²) in [6, 6.07) is 22.0. The number of aryl methyl sites for hydroxylation is 1. The van der Waals surface area contributed by atoms with E-state index in [1.807, 2.05) is 43.3 Å². The third-order valence-electron chi connectivity index (χ3n) is 9.95. The first-order chi connectivity index (χ1) is 26.8. The normalized spacial score (nSPS) is 20.1. The van der Waals surface area contributed by atoms with Crippen molar-refractivity contribution >= 4 is 34.8 Å². The highest BCUT2D eigenvalue weighted by Crippen LogP contribution is 2.44. The number of aromatic nitrogens is 5. The summed E-state index contributed by atoms with van der Waals surface area (Å²) in [4.78, 5) is 55.2. The maximum atomic E-state index is 13.8. The third kappa shape index (κ3) is 8.68. The molecule has 0 aliphatic carbocycles.